The number of halogens is 5. The third-order valence-corrected chi connectivity index (χ3v) is 3.77. The van der Waals surface area contributed by atoms with E-state index in [2.05, 4.69) is 31.9 Å². The van der Waals surface area contributed by atoms with Crippen LogP contribution in [0.5, 0.6) is 11.5 Å². The fourth-order valence-corrected chi connectivity index (χ4v) is 2.73. The highest BCUT2D eigenvalue weighted by Crippen LogP contribution is 2.32. The number of ether oxygens (including phenoxy) is 1. The first-order valence-electron chi connectivity index (χ1n) is 5.18. The molecule has 0 aromatic heterocycles. The Hall–Kier alpha value is -0.650. The lowest BCUT2D eigenvalue weighted by atomic mass is 10.2. The molecule has 2 aromatic carbocycles. The zero-order valence-electron chi connectivity index (χ0n) is 9.39. The van der Waals surface area contributed by atoms with Gasteiger partial charge in [0.1, 0.15) is 5.75 Å². The first kappa shape index (κ1) is 14.8. The van der Waals surface area contributed by atoms with Crippen LogP contribution in [0.2, 0.25) is 5.02 Å². The highest BCUT2D eigenvalue weighted by molar-refractivity contribution is 9.10. The molecule has 0 radical (unpaired) electrons. The molecule has 0 amide bonds. The molecule has 1 nitrogen and oxygen atoms in total. The Balaban J connectivity index is 2.33. The molecule has 0 saturated heterocycles. The molecule has 0 heterocycles. The van der Waals surface area contributed by atoms with Crippen LogP contribution < -0.4 is 4.74 Å². The lowest BCUT2D eigenvalue weighted by Gasteiger charge is -2.09. The van der Waals surface area contributed by atoms with Crippen LogP contribution in [0.15, 0.2) is 34.8 Å². The van der Waals surface area contributed by atoms with Gasteiger partial charge < -0.3 is 4.74 Å². The van der Waals surface area contributed by atoms with Gasteiger partial charge in [0.15, 0.2) is 11.6 Å². The number of hydrogen-bond acceptors (Lipinski definition) is 1. The van der Waals surface area contributed by atoms with Gasteiger partial charge in [0.05, 0.1) is 0 Å². The Kier molecular flexibility index (Phi) is 4.81. The molecule has 0 fully saturated rings. The van der Waals surface area contributed by atoms with E-state index >= 15 is 0 Å². The van der Waals surface area contributed by atoms with Crippen LogP contribution >= 0.6 is 43.5 Å². The fourth-order valence-electron chi connectivity index (χ4n) is 1.43. The van der Waals surface area contributed by atoms with Crippen molar-refractivity contribution in [3.8, 4) is 11.5 Å². The minimum Gasteiger partial charge on any atom is -0.454 e. The smallest absolute Gasteiger partial charge is 0.201 e. The highest BCUT2D eigenvalue weighted by Gasteiger charge is 2.12. The van der Waals surface area contributed by atoms with E-state index in [4.69, 9.17) is 16.3 Å². The zero-order chi connectivity index (χ0) is 14.0. The van der Waals surface area contributed by atoms with Crippen LogP contribution in [0, 0.1) is 11.6 Å². The van der Waals surface area contributed by atoms with Crippen molar-refractivity contribution >= 4 is 43.5 Å². The molecule has 0 bridgehead atoms. The Labute approximate surface area is 130 Å². The summed E-state index contributed by atoms with van der Waals surface area (Å²) in [5.41, 5.74) is 0.884. The van der Waals surface area contributed by atoms with Crippen LogP contribution in [-0.2, 0) is 5.33 Å². The van der Waals surface area contributed by atoms with E-state index in [9.17, 15) is 8.78 Å². The molecule has 0 saturated carbocycles. The molecule has 0 atom stereocenters. The molecule has 0 aliphatic heterocycles. The summed E-state index contributed by atoms with van der Waals surface area (Å²) >= 11 is 12.4. The molecule has 2 rings (SSSR count). The van der Waals surface area contributed by atoms with Crippen molar-refractivity contribution in [2.24, 2.45) is 0 Å². The second-order valence-electron chi connectivity index (χ2n) is 3.69. The minimum atomic E-state index is -1.04. The molecule has 0 aliphatic rings. The van der Waals surface area contributed by atoms with Gasteiger partial charge in [0.2, 0.25) is 5.82 Å². The summed E-state index contributed by atoms with van der Waals surface area (Å²) < 4.78 is 32.5. The summed E-state index contributed by atoms with van der Waals surface area (Å²) in [4.78, 5) is 0. The van der Waals surface area contributed by atoms with Gasteiger partial charge in [0.25, 0.3) is 0 Å². The standard InChI is InChI=1S/C13H7Br2ClF2O/c14-6-7-1-2-9(5-10(7)16)19-12-4-8(15)3-11(17)13(12)18/h1-5H,6H2. The van der Waals surface area contributed by atoms with Crippen molar-refractivity contribution in [3.63, 3.8) is 0 Å². The van der Waals surface area contributed by atoms with Gasteiger partial charge in [-0.25, -0.2) is 4.39 Å². The zero-order valence-corrected chi connectivity index (χ0v) is 13.3. The topological polar surface area (TPSA) is 9.23 Å². The second-order valence-corrected chi connectivity index (χ2v) is 5.57. The van der Waals surface area contributed by atoms with E-state index in [1.807, 2.05) is 0 Å². The van der Waals surface area contributed by atoms with Gasteiger partial charge in [-0.1, -0.05) is 49.5 Å². The first-order valence-corrected chi connectivity index (χ1v) is 7.47. The van der Waals surface area contributed by atoms with E-state index in [1.165, 1.54) is 6.07 Å². The molecule has 19 heavy (non-hydrogen) atoms. The molecular formula is C13H7Br2ClF2O. The van der Waals surface area contributed by atoms with E-state index in [1.54, 1.807) is 18.2 Å². The van der Waals surface area contributed by atoms with Gasteiger partial charge in [0, 0.05) is 14.8 Å². The van der Waals surface area contributed by atoms with Gasteiger partial charge in [-0.2, -0.15) is 4.39 Å². The third kappa shape index (κ3) is 3.46. The van der Waals surface area contributed by atoms with Gasteiger partial charge in [-0.3, -0.25) is 0 Å². The van der Waals surface area contributed by atoms with Crippen molar-refractivity contribution in [2.45, 2.75) is 5.33 Å². The lowest BCUT2D eigenvalue weighted by Crippen LogP contribution is -1.93. The van der Waals surface area contributed by atoms with E-state index in [0.29, 0.717) is 20.6 Å². The van der Waals surface area contributed by atoms with E-state index < -0.39 is 11.6 Å². The number of alkyl halides is 1. The Morgan fingerprint density at radius 1 is 1.16 bits per heavy atom. The van der Waals surface area contributed by atoms with Crippen LogP contribution in [0.25, 0.3) is 0 Å². The van der Waals surface area contributed by atoms with Crippen molar-refractivity contribution in [1.82, 2.24) is 0 Å². The third-order valence-electron chi connectivity index (χ3n) is 2.36. The molecule has 100 valence electrons. The van der Waals surface area contributed by atoms with Gasteiger partial charge in [-0.05, 0) is 29.8 Å². The predicted octanol–water partition coefficient (Wildman–Crippen LogP) is 6.07. The summed E-state index contributed by atoms with van der Waals surface area (Å²) in [5, 5.41) is 1.09. The van der Waals surface area contributed by atoms with Crippen molar-refractivity contribution in [2.75, 3.05) is 0 Å². The summed E-state index contributed by atoms with van der Waals surface area (Å²) in [7, 11) is 0. The second kappa shape index (κ2) is 6.20. The highest BCUT2D eigenvalue weighted by atomic mass is 79.9. The summed E-state index contributed by atoms with van der Waals surface area (Å²) in [6.07, 6.45) is 0. The molecule has 0 N–H and O–H groups in total. The van der Waals surface area contributed by atoms with E-state index in [0.717, 1.165) is 11.6 Å². The average molecular weight is 412 g/mol. The Morgan fingerprint density at radius 2 is 1.89 bits per heavy atom. The molecule has 2 aromatic rings. The summed E-state index contributed by atoms with van der Waals surface area (Å²) in [6, 6.07) is 7.32. The van der Waals surface area contributed by atoms with Gasteiger partial charge >= 0.3 is 0 Å². The van der Waals surface area contributed by atoms with Crippen molar-refractivity contribution < 1.29 is 13.5 Å². The van der Waals surface area contributed by atoms with Crippen molar-refractivity contribution in [3.05, 3.63) is 57.0 Å². The van der Waals surface area contributed by atoms with E-state index in [-0.39, 0.29) is 5.75 Å². The van der Waals surface area contributed by atoms with Crippen LogP contribution in [0.4, 0.5) is 8.78 Å². The van der Waals surface area contributed by atoms with Crippen LogP contribution in [0.1, 0.15) is 5.56 Å². The molecular weight excluding hydrogens is 405 g/mol. The maximum atomic E-state index is 13.6. The number of benzene rings is 2. The number of hydrogen-bond donors (Lipinski definition) is 0. The fraction of sp³-hybridized carbons (Fsp3) is 0.0769. The Bertz CT molecular complexity index is 620. The minimum absolute atomic E-state index is 0.200. The molecule has 0 unspecified atom stereocenters. The molecule has 0 aliphatic carbocycles. The first-order chi connectivity index (χ1) is 9.01. The quantitative estimate of drug-likeness (QED) is 0.439. The maximum Gasteiger partial charge on any atom is 0.201 e. The lowest BCUT2D eigenvalue weighted by molar-refractivity contribution is 0.415. The normalized spacial score (nSPS) is 10.6. The largest absolute Gasteiger partial charge is 0.454 e. The SMILES string of the molecule is Fc1cc(Br)cc(Oc2ccc(CBr)c(Cl)c2)c1F. The van der Waals surface area contributed by atoms with Crippen LogP contribution in [0.3, 0.4) is 0 Å². The Morgan fingerprint density at radius 3 is 2.53 bits per heavy atom. The number of rotatable bonds is 3. The predicted molar refractivity (Wildman–Crippen MR) is 78.2 cm³/mol. The van der Waals surface area contributed by atoms with Gasteiger partial charge in [-0.15, -0.1) is 0 Å². The molecule has 0 spiro atoms. The molecule has 6 heteroatoms. The maximum absolute atomic E-state index is 13.6. The summed E-state index contributed by atoms with van der Waals surface area (Å²) in [5.74, 6) is -1.88. The van der Waals surface area contributed by atoms with Crippen LogP contribution in [-0.4, -0.2) is 0 Å². The average Bonchev–Trinajstić information content (AvgIpc) is 2.35. The monoisotopic (exact) mass is 410 g/mol. The summed E-state index contributed by atoms with van der Waals surface area (Å²) in [6.45, 7) is 0. The van der Waals surface area contributed by atoms with Crippen molar-refractivity contribution in [1.29, 1.82) is 0 Å².